The Morgan fingerprint density at radius 2 is 1.65 bits per heavy atom. The molecule has 17 heavy (non-hydrogen) atoms. The lowest BCUT2D eigenvalue weighted by Crippen LogP contribution is -2.45. The van der Waals surface area contributed by atoms with Crippen molar-refractivity contribution in [1.29, 1.82) is 0 Å². The van der Waals surface area contributed by atoms with Crippen LogP contribution >= 0.6 is 0 Å². The number of rotatable bonds is 5. The van der Waals surface area contributed by atoms with E-state index in [9.17, 15) is 8.42 Å². The van der Waals surface area contributed by atoms with E-state index < -0.39 is 9.84 Å². The van der Waals surface area contributed by atoms with Gasteiger partial charge in [0.1, 0.15) is 9.84 Å². The van der Waals surface area contributed by atoms with E-state index in [-0.39, 0.29) is 11.3 Å². The minimum Gasteiger partial charge on any atom is -0.325 e. The Balaban J connectivity index is 2.37. The summed E-state index contributed by atoms with van der Waals surface area (Å²) in [5, 5.41) is 0. The second-order valence-electron chi connectivity index (χ2n) is 6.37. The van der Waals surface area contributed by atoms with Crippen LogP contribution in [0.5, 0.6) is 0 Å². The van der Waals surface area contributed by atoms with Gasteiger partial charge in [-0.3, -0.25) is 0 Å². The first kappa shape index (κ1) is 15.0. The molecule has 0 aromatic heterocycles. The summed E-state index contributed by atoms with van der Waals surface area (Å²) in [6.07, 6.45) is 5.95. The van der Waals surface area contributed by atoms with Gasteiger partial charge >= 0.3 is 0 Å². The van der Waals surface area contributed by atoms with E-state index in [0.29, 0.717) is 17.6 Å². The Bertz CT molecular complexity index is 336. The Hall–Kier alpha value is -0.0900. The minimum atomic E-state index is -2.83. The molecule has 0 aliphatic heterocycles. The molecule has 0 aromatic carbocycles. The van der Waals surface area contributed by atoms with Crippen LogP contribution in [0.2, 0.25) is 0 Å². The summed E-state index contributed by atoms with van der Waals surface area (Å²) < 4.78 is 22.8. The van der Waals surface area contributed by atoms with E-state index in [0.717, 1.165) is 32.1 Å². The Labute approximate surface area is 106 Å². The molecule has 1 aliphatic rings. The van der Waals surface area contributed by atoms with Crippen molar-refractivity contribution in [3.05, 3.63) is 0 Å². The van der Waals surface area contributed by atoms with Crippen molar-refractivity contribution in [3.63, 3.8) is 0 Å². The van der Waals surface area contributed by atoms with Crippen LogP contribution in [-0.2, 0) is 9.84 Å². The highest BCUT2D eigenvalue weighted by molar-refractivity contribution is 7.91. The minimum absolute atomic E-state index is 0.112. The molecule has 3 nitrogen and oxygen atoms in total. The fourth-order valence-corrected chi connectivity index (χ4v) is 3.34. The second-order valence-corrected chi connectivity index (χ2v) is 8.84. The SMILES string of the molecule is CCS(=O)(=O)CCCC1(N)CCC(C)(C)CC1. The van der Waals surface area contributed by atoms with E-state index in [2.05, 4.69) is 13.8 Å². The van der Waals surface area contributed by atoms with Crippen molar-refractivity contribution >= 4 is 9.84 Å². The quantitative estimate of drug-likeness (QED) is 0.827. The first-order chi connectivity index (χ1) is 7.68. The highest BCUT2D eigenvalue weighted by Gasteiger charge is 2.34. The van der Waals surface area contributed by atoms with Gasteiger partial charge in [-0.05, 0) is 43.9 Å². The summed E-state index contributed by atoms with van der Waals surface area (Å²) in [5.74, 6) is 0.545. The fourth-order valence-electron chi connectivity index (χ4n) is 2.46. The van der Waals surface area contributed by atoms with E-state index in [4.69, 9.17) is 5.73 Å². The van der Waals surface area contributed by atoms with E-state index >= 15 is 0 Å². The molecule has 0 radical (unpaired) electrons. The van der Waals surface area contributed by atoms with Gasteiger partial charge in [-0.15, -0.1) is 0 Å². The largest absolute Gasteiger partial charge is 0.325 e. The molecule has 1 fully saturated rings. The van der Waals surface area contributed by atoms with Crippen LogP contribution in [-0.4, -0.2) is 25.5 Å². The summed E-state index contributed by atoms with van der Waals surface area (Å²) in [6.45, 7) is 6.28. The van der Waals surface area contributed by atoms with Gasteiger partial charge < -0.3 is 5.73 Å². The molecule has 0 amide bonds. The van der Waals surface area contributed by atoms with Gasteiger partial charge in [-0.2, -0.15) is 0 Å². The molecule has 0 bridgehead atoms. The standard InChI is InChI=1S/C13H27NO2S/c1-4-17(15,16)11-5-6-13(14)9-7-12(2,3)8-10-13/h4-11,14H2,1-3H3. The summed E-state index contributed by atoms with van der Waals surface area (Å²) in [4.78, 5) is 0. The lowest BCUT2D eigenvalue weighted by molar-refractivity contribution is 0.157. The maximum absolute atomic E-state index is 11.4. The molecule has 0 atom stereocenters. The van der Waals surface area contributed by atoms with Gasteiger partial charge in [-0.1, -0.05) is 20.8 Å². The molecule has 0 heterocycles. The zero-order valence-electron chi connectivity index (χ0n) is 11.5. The van der Waals surface area contributed by atoms with Crippen molar-refractivity contribution in [2.24, 2.45) is 11.1 Å². The van der Waals surface area contributed by atoms with Crippen LogP contribution in [0.4, 0.5) is 0 Å². The molecule has 0 unspecified atom stereocenters. The van der Waals surface area contributed by atoms with Crippen LogP contribution in [0.25, 0.3) is 0 Å². The molecule has 1 rings (SSSR count). The fraction of sp³-hybridized carbons (Fsp3) is 1.00. The maximum Gasteiger partial charge on any atom is 0.150 e. The predicted octanol–water partition coefficient (Wildman–Crippen LogP) is 2.50. The Morgan fingerprint density at radius 3 is 2.12 bits per heavy atom. The molecule has 0 saturated heterocycles. The van der Waals surface area contributed by atoms with E-state index in [1.165, 1.54) is 0 Å². The van der Waals surface area contributed by atoms with Gasteiger partial charge in [0.05, 0.1) is 5.75 Å². The Kier molecular flexibility index (Phi) is 4.64. The lowest BCUT2D eigenvalue weighted by atomic mass is 9.68. The third-order valence-corrected chi connectivity index (χ3v) is 5.96. The molecule has 0 aromatic rings. The molecular weight excluding hydrogens is 234 g/mol. The van der Waals surface area contributed by atoms with Crippen molar-refractivity contribution in [2.45, 2.75) is 64.8 Å². The molecule has 1 aliphatic carbocycles. The molecule has 0 spiro atoms. The maximum atomic E-state index is 11.4. The molecule has 1 saturated carbocycles. The summed E-state index contributed by atoms with van der Waals surface area (Å²) in [5.41, 5.74) is 6.66. The Morgan fingerprint density at radius 1 is 1.12 bits per heavy atom. The van der Waals surface area contributed by atoms with E-state index in [1.807, 2.05) is 0 Å². The predicted molar refractivity (Wildman–Crippen MR) is 72.7 cm³/mol. The lowest BCUT2D eigenvalue weighted by Gasteiger charge is -2.41. The second kappa shape index (κ2) is 5.27. The number of sulfone groups is 1. The number of hydrogen-bond acceptors (Lipinski definition) is 3. The summed E-state index contributed by atoms with van der Waals surface area (Å²) >= 11 is 0. The smallest absolute Gasteiger partial charge is 0.150 e. The molecule has 2 N–H and O–H groups in total. The number of nitrogens with two attached hydrogens (primary N) is 1. The number of hydrogen-bond donors (Lipinski definition) is 1. The van der Waals surface area contributed by atoms with Gasteiger partial charge in [0.2, 0.25) is 0 Å². The molecular formula is C13H27NO2S. The molecule has 102 valence electrons. The van der Waals surface area contributed by atoms with Crippen LogP contribution in [0.15, 0.2) is 0 Å². The van der Waals surface area contributed by atoms with Gasteiger partial charge in [0.15, 0.2) is 0 Å². The average Bonchev–Trinajstić information content (AvgIpc) is 2.23. The summed E-state index contributed by atoms with van der Waals surface area (Å²) in [6, 6.07) is 0. The third kappa shape index (κ3) is 4.96. The zero-order chi connectivity index (χ0) is 13.2. The highest BCUT2D eigenvalue weighted by atomic mass is 32.2. The van der Waals surface area contributed by atoms with Crippen LogP contribution in [0.3, 0.4) is 0 Å². The van der Waals surface area contributed by atoms with Crippen LogP contribution in [0, 0.1) is 5.41 Å². The summed E-state index contributed by atoms with van der Waals surface area (Å²) in [7, 11) is -2.83. The monoisotopic (exact) mass is 261 g/mol. The third-order valence-electron chi connectivity index (χ3n) is 4.17. The average molecular weight is 261 g/mol. The van der Waals surface area contributed by atoms with Crippen molar-refractivity contribution in [1.82, 2.24) is 0 Å². The van der Waals surface area contributed by atoms with Gasteiger partial charge in [0, 0.05) is 11.3 Å². The van der Waals surface area contributed by atoms with E-state index in [1.54, 1.807) is 6.92 Å². The van der Waals surface area contributed by atoms with Gasteiger partial charge in [0.25, 0.3) is 0 Å². The van der Waals surface area contributed by atoms with Gasteiger partial charge in [-0.25, -0.2) is 8.42 Å². The molecule has 4 heteroatoms. The topological polar surface area (TPSA) is 60.2 Å². The normalized spacial score (nSPS) is 23.5. The van der Waals surface area contributed by atoms with Crippen LogP contribution in [0.1, 0.15) is 59.3 Å². The van der Waals surface area contributed by atoms with Crippen molar-refractivity contribution < 1.29 is 8.42 Å². The first-order valence-electron chi connectivity index (χ1n) is 6.67. The highest BCUT2D eigenvalue weighted by Crippen LogP contribution is 2.40. The first-order valence-corrected chi connectivity index (χ1v) is 8.50. The van der Waals surface area contributed by atoms with Crippen molar-refractivity contribution in [2.75, 3.05) is 11.5 Å². The van der Waals surface area contributed by atoms with Crippen LogP contribution < -0.4 is 5.73 Å². The van der Waals surface area contributed by atoms with Crippen molar-refractivity contribution in [3.8, 4) is 0 Å². The zero-order valence-corrected chi connectivity index (χ0v) is 12.3.